The first kappa shape index (κ1) is 9.26. The zero-order valence-corrected chi connectivity index (χ0v) is 8.60. The van der Waals surface area contributed by atoms with Gasteiger partial charge in [-0.2, -0.15) is 0 Å². The van der Waals surface area contributed by atoms with Crippen LogP contribution in [0.25, 0.3) is 0 Å². The molecule has 1 aliphatic carbocycles. The van der Waals surface area contributed by atoms with E-state index in [0.29, 0.717) is 0 Å². The molecule has 1 saturated heterocycles. The zero-order valence-electron chi connectivity index (χ0n) is 8.60. The van der Waals surface area contributed by atoms with Crippen molar-refractivity contribution in [1.29, 1.82) is 0 Å². The Morgan fingerprint density at radius 1 is 1.00 bits per heavy atom. The quantitative estimate of drug-likeness (QED) is 0.589. The van der Waals surface area contributed by atoms with Gasteiger partial charge in [0.1, 0.15) is 0 Å². The van der Waals surface area contributed by atoms with Gasteiger partial charge >= 0.3 is 0 Å². The second-order valence-electron chi connectivity index (χ2n) is 4.44. The lowest BCUT2D eigenvalue weighted by Gasteiger charge is -2.16. The van der Waals surface area contributed by atoms with Crippen molar-refractivity contribution in [2.45, 2.75) is 44.9 Å². The molecule has 0 unspecified atom stereocenters. The molecule has 2 aliphatic rings. The van der Waals surface area contributed by atoms with Gasteiger partial charge in [0, 0.05) is 6.54 Å². The fraction of sp³-hybridized carbons (Fsp3) is 0.833. The summed E-state index contributed by atoms with van der Waals surface area (Å²) in [6, 6.07) is 0. The summed E-state index contributed by atoms with van der Waals surface area (Å²) in [4.78, 5) is 2.62. The largest absolute Gasteiger partial charge is 0.299 e. The van der Waals surface area contributed by atoms with E-state index in [2.05, 4.69) is 11.0 Å². The Morgan fingerprint density at radius 3 is 2.69 bits per heavy atom. The number of hydrogen-bond donors (Lipinski definition) is 0. The summed E-state index contributed by atoms with van der Waals surface area (Å²) < 4.78 is 0. The molecule has 0 amide bonds. The van der Waals surface area contributed by atoms with Crippen LogP contribution in [0.5, 0.6) is 0 Å². The standard InChI is InChI=1S/C12H21N/c1-2-4-8-12(7-3-1)11-13-9-5-6-10-13/h7H,1-6,8-11H2. The van der Waals surface area contributed by atoms with Crippen LogP contribution in [0.3, 0.4) is 0 Å². The van der Waals surface area contributed by atoms with Gasteiger partial charge in [-0.15, -0.1) is 0 Å². The van der Waals surface area contributed by atoms with Crippen molar-refractivity contribution in [3.05, 3.63) is 11.6 Å². The van der Waals surface area contributed by atoms with Crippen molar-refractivity contribution >= 4 is 0 Å². The number of hydrogen-bond acceptors (Lipinski definition) is 1. The highest BCUT2D eigenvalue weighted by Crippen LogP contribution is 2.19. The van der Waals surface area contributed by atoms with Crippen molar-refractivity contribution in [3.63, 3.8) is 0 Å². The lowest BCUT2D eigenvalue weighted by atomic mass is 10.1. The molecule has 0 radical (unpaired) electrons. The minimum absolute atomic E-state index is 1.28. The molecule has 1 heteroatoms. The fourth-order valence-corrected chi connectivity index (χ4v) is 2.45. The SMILES string of the molecule is C1=C(CN2CCCC2)CCCCC1. The molecule has 13 heavy (non-hydrogen) atoms. The number of nitrogens with zero attached hydrogens (tertiary/aromatic N) is 1. The van der Waals surface area contributed by atoms with E-state index in [9.17, 15) is 0 Å². The number of rotatable bonds is 2. The Labute approximate surface area is 81.8 Å². The van der Waals surface area contributed by atoms with Crippen LogP contribution in [0.4, 0.5) is 0 Å². The highest BCUT2D eigenvalue weighted by molar-refractivity contribution is 5.06. The van der Waals surface area contributed by atoms with Gasteiger partial charge in [-0.1, -0.05) is 18.1 Å². The molecule has 0 aromatic rings. The predicted molar refractivity (Wildman–Crippen MR) is 56.8 cm³/mol. The molecule has 0 aromatic heterocycles. The van der Waals surface area contributed by atoms with E-state index in [1.807, 2.05) is 0 Å². The van der Waals surface area contributed by atoms with Gasteiger partial charge in [0.05, 0.1) is 0 Å². The Morgan fingerprint density at radius 2 is 1.85 bits per heavy atom. The summed E-state index contributed by atoms with van der Waals surface area (Å²) in [6.07, 6.45) is 12.4. The molecule has 1 nitrogen and oxygen atoms in total. The average molecular weight is 179 g/mol. The molecular formula is C12H21N. The van der Waals surface area contributed by atoms with E-state index < -0.39 is 0 Å². The van der Waals surface area contributed by atoms with E-state index in [4.69, 9.17) is 0 Å². The molecular weight excluding hydrogens is 158 g/mol. The van der Waals surface area contributed by atoms with Gasteiger partial charge in [0.25, 0.3) is 0 Å². The van der Waals surface area contributed by atoms with E-state index >= 15 is 0 Å². The molecule has 1 fully saturated rings. The molecule has 1 aliphatic heterocycles. The summed E-state index contributed by atoms with van der Waals surface area (Å²) in [5.74, 6) is 0. The highest BCUT2D eigenvalue weighted by Gasteiger charge is 2.13. The average Bonchev–Trinajstić information content (AvgIpc) is 2.49. The molecule has 0 atom stereocenters. The van der Waals surface area contributed by atoms with Crippen molar-refractivity contribution in [3.8, 4) is 0 Å². The molecule has 1 heterocycles. The van der Waals surface area contributed by atoms with Crippen LogP contribution in [-0.4, -0.2) is 24.5 Å². The van der Waals surface area contributed by atoms with Crippen molar-refractivity contribution in [1.82, 2.24) is 4.90 Å². The first-order valence-corrected chi connectivity index (χ1v) is 5.85. The molecule has 0 N–H and O–H groups in total. The van der Waals surface area contributed by atoms with Crippen molar-refractivity contribution in [2.24, 2.45) is 0 Å². The van der Waals surface area contributed by atoms with Crippen molar-refractivity contribution < 1.29 is 0 Å². The zero-order chi connectivity index (χ0) is 8.93. The molecule has 74 valence electrons. The Balaban J connectivity index is 1.81. The Kier molecular flexibility index (Phi) is 3.42. The van der Waals surface area contributed by atoms with Crippen LogP contribution in [0.15, 0.2) is 11.6 Å². The topological polar surface area (TPSA) is 3.24 Å². The highest BCUT2D eigenvalue weighted by atomic mass is 15.1. The first-order valence-electron chi connectivity index (χ1n) is 5.85. The predicted octanol–water partition coefficient (Wildman–Crippen LogP) is 2.97. The maximum atomic E-state index is 2.62. The van der Waals surface area contributed by atoms with Gasteiger partial charge in [-0.3, -0.25) is 4.90 Å². The third-order valence-corrected chi connectivity index (χ3v) is 3.26. The molecule has 0 aromatic carbocycles. The van der Waals surface area contributed by atoms with Crippen LogP contribution >= 0.6 is 0 Å². The van der Waals surface area contributed by atoms with E-state index in [0.717, 1.165) is 0 Å². The Bertz CT molecular complexity index is 178. The summed E-state index contributed by atoms with van der Waals surface area (Å²) in [6.45, 7) is 3.97. The molecule has 2 rings (SSSR count). The monoisotopic (exact) mass is 179 g/mol. The first-order chi connectivity index (χ1) is 6.45. The van der Waals surface area contributed by atoms with Crippen LogP contribution in [-0.2, 0) is 0 Å². The second-order valence-corrected chi connectivity index (χ2v) is 4.44. The molecule has 0 bridgehead atoms. The minimum Gasteiger partial charge on any atom is -0.299 e. The van der Waals surface area contributed by atoms with Gasteiger partial charge in [-0.05, 0) is 51.6 Å². The van der Waals surface area contributed by atoms with E-state index in [1.165, 1.54) is 64.6 Å². The second kappa shape index (κ2) is 4.80. The maximum Gasteiger partial charge on any atom is 0.0192 e. The third kappa shape index (κ3) is 2.84. The maximum absolute atomic E-state index is 2.62. The van der Waals surface area contributed by atoms with E-state index in [1.54, 1.807) is 5.57 Å². The van der Waals surface area contributed by atoms with E-state index in [-0.39, 0.29) is 0 Å². The normalized spacial score (nSPS) is 25.7. The smallest absolute Gasteiger partial charge is 0.0192 e. The van der Waals surface area contributed by atoms with Gasteiger partial charge in [-0.25, -0.2) is 0 Å². The van der Waals surface area contributed by atoms with Crippen LogP contribution in [0, 0.1) is 0 Å². The van der Waals surface area contributed by atoms with Gasteiger partial charge in [0.2, 0.25) is 0 Å². The molecule has 0 spiro atoms. The van der Waals surface area contributed by atoms with Gasteiger partial charge in [0.15, 0.2) is 0 Å². The minimum atomic E-state index is 1.28. The third-order valence-electron chi connectivity index (χ3n) is 3.26. The molecule has 0 saturated carbocycles. The van der Waals surface area contributed by atoms with Crippen LogP contribution in [0.2, 0.25) is 0 Å². The lowest BCUT2D eigenvalue weighted by Crippen LogP contribution is -2.21. The summed E-state index contributed by atoms with van der Waals surface area (Å²) >= 11 is 0. The summed E-state index contributed by atoms with van der Waals surface area (Å²) in [5, 5.41) is 0. The van der Waals surface area contributed by atoms with Crippen LogP contribution < -0.4 is 0 Å². The number of allylic oxidation sites excluding steroid dienone is 1. The fourth-order valence-electron chi connectivity index (χ4n) is 2.45. The summed E-state index contributed by atoms with van der Waals surface area (Å²) in [7, 11) is 0. The Hall–Kier alpha value is -0.300. The van der Waals surface area contributed by atoms with Crippen LogP contribution in [0.1, 0.15) is 44.9 Å². The van der Waals surface area contributed by atoms with Gasteiger partial charge < -0.3 is 0 Å². The number of likely N-dealkylation sites (tertiary alicyclic amines) is 1. The summed E-state index contributed by atoms with van der Waals surface area (Å²) in [5.41, 5.74) is 1.72. The lowest BCUT2D eigenvalue weighted by molar-refractivity contribution is 0.364. The van der Waals surface area contributed by atoms with Crippen molar-refractivity contribution in [2.75, 3.05) is 19.6 Å².